The molecule has 1 atom stereocenters. The van der Waals surface area contributed by atoms with Gasteiger partial charge in [0.15, 0.2) is 12.4 Å². The maximum Gasteiger partial charge on any atom is 0.260 e. The first-order valence-corrected chi connectivity index (χ1v) is 15.0. The monoisotopic (exact) mass is 609 g/mol. The first kappa shape index (κ1) is 29.2. The van der Waals surface area contributed by atoms with Crippen molar-refractivity contribution in [2.45, 2.75) is 31.7 Å². The lowest BCUT2D eigenvalue weighted by molar-refractivity contribution is -0.135. The number of aromatic amines is 1. The molecule has 1 unspecified atom stereocenters. The minimum absolute atomic E-state index is 0.0232. The van der Waals surface area contributed by atoms with Crippen molar-refractivity contribution in [1.29, 1.82) is 0 Å². The number of benzene rings is 3. The summed E-state index contributed by atoms with van der Waals surface area (Å²) in [5, 5.41) is 4.26. The molecule has 1 aliphatic heterocycles. The largest absolute Gasteiger partial charge is 0.484 e. The second-order valence-electron chi connectivity index (χ2n) is 10.6. The van der Waals surface area contributed by atoms with Crippen LogP contribution in [-0.2, 0) is 4.79 Å². The van der Waals surface area contributed by atoms with Gasteiger partial charge in [0.2, 0.25) is 0 Å². The number of para-hydroxylation sites is 2. The van der Waals surface area contributed by atoms with Crippen molar-refractivity contribution in [3.63, 3.8) is 0 Å². The fourth-order valence-electron chi connectivity index (χ4n) is 5.47. The fourth-order valence-corrected chi connectivity index (χ4v) is 5.72. The van der Waals surface area contributed by atoms with Gasteiger partial charge < -0.3 is 24.7 Å². The SMILES string of the molecule is O=C(c1ccc(Oc2ccccc2)cc1Cl)c1c[nH]c2ncnc(NCC3CCCCCN3C(=O)COc3ccccc3)c12. The molecule has 224 valence electrons. The van der Waals surface area contributed by atoms with E-state index in [2.05, 4.69) is 20.3 Å². The summed E-state index contributed by atoms with van der Waals surface area (Å²) in [5.41, 5.74) is 1.25. The Bertz CT molecular complexity index is 1750. The van der Waals surface area contributed by atoms with Crippen LogP contribution in [-0.4, -0.2) is 57.3 Å². The standard InChI is InChI=1S/C34H32ClN5O4/c35-29-18-26(44-25-13-7-2-8-14-25)15-16-27(29)32(42)28-20-37-34-31(28)33(38-22-39-34)36-19-23-10-4-3-9-17-40(23)30(41)21-43-24-11-5-1-6-12-24/h1-2,5-8,11-16,18,20,22-23H,3-4,9-10,17,19,21H2,(H2,36,37,38,39). The van der Waals surface area contributed by atoms with Crippen LogP contribution in [0.2, 0.25) is 5.02 Å². The second kappa shape index (κ2) is 13.6. The Hall–Kier alpha value is -4.89. The number of nitrogens with zero attached hydrogens (tertiary/aromatic N) is 3. The number of ketones is 1. The van der Waals surface area contributed by atoms with Crippen LogP contribution in [0, 0.1) is 0 Å². The highest BCUT2D eigenvalue weighted by atomic mass is 35.5. The van der Waals surface area contributed by atoms with Crippen molar-refractivity contribution in [3.8, 4) is 17.2 Å². The zero-order valence-electron chi connectivity index (χ0n) is 24.0. The fraction of sp³-hybridized carbons (Fsp3) is 0.235. The van der Waals surface area contributed by atoms with E-state index in [4.69, 9.17) is 21.1 Å². The van der Waals surface area contributed by atoms with Crippen LogP contribution >= 0.6 is 11.6 Å². The highest BCUT2D eigenvalue weighted by molar-refractivity contribution is 6.35. The molecular weight excluding hydrogens is 578 g/mol. The van der Waals surface area contributed by atoms with Gasteiger partial charge in [0.05, 0.1) is 16.0 Å². The Balaban J connectivity index is 1.19. The molecular formula is C34H32ClN5O4. The number of amides is 1. The molecule has 0 spiro atoms. The topological polar surface area (TPSA) is 109 Å². The van der Waals surface area contributed by atoms with Gasteiger partial charge in [-0.25, -0.2) is 9.97 Å². The summed E-state index contributed by atoms with van der Waals surface area (Å²) in [4.78, 5) is 40.8. The predicted octanol–water partition coefficient (Wildman–Crippen LogP) is 6.90. The van der Waals surface area contributed by atoms with Crippen LogP contribution in [0.3, 0.4) is 0 Å². The highest BCUT2D eigenvalue weighted by Gasteiger charge is 2.27. The summed E-state index contributed by atoms with van der Waals surface area (Å²) in [6, 6.07) is 23.6. The van der Waals surface area contributed by atoms with Crippen LogP contribution < -0.4 is 14.8 Å². The van der Waals surface area contributed by atoms with Gasteiger partial charge in [-0.1, -0.05) is 60.8 Å². The molecule has 0 saturated carbocycles. The van der Waals surface area contributed by atoms with Gasteiger partial charge in [0.1, 0.15) is 35.0 Å². The summed E-state index contributed by atoms with van der Waals surface area (Å²) in [5.74, 6) is 2.05. The van der Waals surface area contributed by atoms with Gasteiger partial charge in [-0.3, -0.25) is 9.59 Å². The lowest BCUT2D eigenvalue weighted by Crippen LogP contribution is -2.45. The second-order valence-corrected chi connectivity index (χ2v) is 11.0. The third-order valence-corrected chi connectivity index (χ3v) is 8.00. The van der Waals surface area contributed by atoms with Crippen molar-refractivity contribution < 1.29 is 19.1 Å². The Morgan fingerprint density at radius 3 is 2.45 bits per heavy atom. The first-order chi connectivity index (χ1) is 21.6. The first-order valence-electron chi connectivity index (χ1n) is 14.7. The number of halogens is 1. The molecule has 9 nitrogen and oxygen atoms in total. The number of fused-ring (bicyclic) bond motifs is 1. The van der Waals surface area contributed by atoms with Gasteiger partial charge in [0.25, 0.3) is 5.91 Å². The molecule has 0 aliphatic carbocycles. The molecule has 1 saturated heterocycles. The average Bonchev–Trinajstić information content (AvgIpc) is 3.35. The van der Waals surface area contributed by atoms with E-state index in [0.29, 0.717) is 58.3 Å². The number of H-pyrrole nitrogens is 1. The summed E-state index contributed by atoms with van der Waals surface area (Å²) in [7, 11) is 0. The number of anilines is 1. The van der Waals surface area contributed by atoms with Gasteiger partial charge in [-0.2, -0.15) is 0 Å². The third-order valence-electron chi connectivity index (χ3n) is 7.69. The van der Waals surface area contributed by atoms with Crippen molar-refractivity contribution in [2.75, 3.05) is 25.0 Å². The van der Waals surface area contributed by atoms with E-state index < -0.39 is 0 Å². The summed E-state index contributed by atoms with van der Waals surface area (Å²) in [6.07, 6.45) is 6.94. The van der Waals surface area contributed by atoms with Gasteiger partial charge in [-0.05, 0) is 49.2 Å². The number of nitrogens with one attached hydrogen (secondary N) is 2. The smallest absolute Gasteiger partial charge is 0.260 e. The van der Waals surface area contributed by atoms with E-state index in [1.54, 1.807) is 24.4 Å². The van der Waals surface area contributed by atoms with Crippen LogP contribution in [0.4, 0.5) is 5.82 Å². The maximum absolute atomic E-state index is 13.8. The zero-order valence-corrected chi connectivity index (χ0v) is 24.8. The van der Waals surface area contributed by atoms with Gasteiger partial charge in [-0.15, -0.1) is 0 Å². The molecule has 3 heterocycles. The van der Waals surface area contributed by atoms with Gasteiger partial charge >= 0.3 is 0 Å². The zero-order chi connectivity index (χ0) is 30.3. The Morgan fingerprint density at radius 1 is 0.909 bits per heavy atom. The number of carbonyl (C=O) groups is 2. The maximum atomic E-state index is 13.8. The average molecular weight is 610 g/mol. The van der Waals surface area contributed by atoms with Gasteiger partial charge in [0, 0.05) is 37.0 Å². The highest BCUT2D eigenvalue weighted by Crippen LogP contribution is 2.31. The Kier molecular flexibility index (Phi) is 9.03. The molecule has 0 radical (unpaired) electrons. The number of rotatable bonds is 10. The van der Waals surface area contributed by atoms with E-state index >= 15 is 0 Å². The van der Waals surface area contributed by atoms with Crippen molar-refractivity contribution >= 4 is 40.1 Å². The van der Waals surface area contributed by atoms with Crippen molar-refractivity contribution in [2.24, 2.45) is 0 Å². The van der Waals surface area contributed by atoms with Crippen LogP contribution in [0.5, 0.6) is 17.2 Å². The quantitative estimate of drug-likeness (QED) is 0.166. The van der Waals surface area contributed by atoms with E-state index in [1.807, 2.05) is 65.6 Å². The normalized spacial score (nSPS) is 15.0. The summed E-state index contributed by atoms with van der Waals surface area (Å²) >= 11 is 6.58. The van der Waals surface area contributed by atoms with E-state index in [-0.39, 0.29) is 29.4 Å². The molecule has 1 fully saturated rings. The lowest BCUT2D eigenvalue weighted by atomic mass is 10.0. The van der Waals surface area contributed by atoms with Crippen LogP contribution in [0.15, 0.2) is 91.4 Å². The van der Waals surface area contributed by atoms with E-state index in [1.165, 1.54) is 6.33 Å². The molecule has 10 heteroatoms. The number of hydrogen-bond donors (Lipinski definition) is 2. The number of ether oxygens (including phenoxy) is 2. The number of carbonyl (C=O) groups excluding carboxylic acids is 2. The molecule has 44 heavy (non-hydrogen) atoms. The van der Waals surface area contributed by atoms with E-state index in [9.17, 15) is 9.59 Å². The molecule has 1 aliphatic rings. The predicted molar refractivity (Wildman–Crippen MR) is 170 cm³/mol. The van der Waals surface area contributed by atoms with Crippen molar-refractivity contribution in [3.05, 3.63) is 108 Å². The molecule has 5 aromatic rings. The molecule has 2 N–H and O–H groups in total. The summed E-state index contributed by atoms with van der Waals surface area (Å²) in [6.45, 7) is 1.11. The molecule has 3 aromatic carbocycles. The molecule has 2 aromatic heterocycles. The molecule has 1 amide bonds. The molecule has 6 rings (SSSR count). The summed E-state index contributed by atoms with van der Waals surface area (Å²) < 4.78 is 11.6. The number of likely N-dealkylation sites (tertiary alicyclic amines) is 1. The number of aromatic nitrogens is 3. The minimum atomic E-state index is -0.269. The molecule has 0 bridgehead atoms. The lowest BCUT2D eigenvalue weighted by Gasteiger charge is -2.30. The van der Waals surface area contributed by atoms with Crippen molar-refractivity contribution in [1.82, 2.24) is 19.9 Å². The van der Waals surface area contributed by atoms with E-state index in [0.717, 1.165) is 25.7 Å². The Labute approximate surface area is 260 Å². The van der Waals surface area contributed by atoms with Crippen LogP contribution in [0.1, 0.15) is 41.6 Å². The Morgan fingerprint density at radius 2 is 1.68 bits per heavy atom. The third kappa shape index (κ3) is 6.68. The number of hydrogen-bond acceptors (Lipinski definition) is 7. The van der Waals surface area contributed by atoms with Crippen LogP contribution in [0.25, 0.3) is 11.0 Å². The minimum Gasteiger partial charge on any atom is -0.484 e.